The largest absolute Gasteiger partial charge is 0.465 e. The fourth-order valence-corrected chi connectivity index (χ4v) is 1.65. The molecule has 0 spiro atoms. The molecule has 0 saturated carbocycles. The van der Waals surface area contributed by atoms with Gasteiger partial charge in [0.1, 0.15) is 0 Å². The van der Waals surface area contributed by atoms with Crippen molar-refractivity contribution >= 4 is 5.97 Å². The summed E-state index contributed by atoms with van der Waals surface area (Å²) in [6.07, 6.45) is 12.9. The fourth-order valence-electron chi connectivity index (χ4n) is 1.65. The molecule has 0 N–H and O–H groups in total. The van der Waals surface area contributed by atoms with Crippen LogP contribution < -0.4 is 0 Å². The van der Waals surface area contributed by atoms with Gasteiger partial charge in [0.15, 0.2) is 0 Å². The van der Waals surface area contributed by atoms with Crippen molar-refractivity contribution in [2.75, 3.05) is 7.11 Å². The lowest BCUT2D eigenvalue weighted by atomic mass is 10.1. The number of esters is 1. The van der Waals surface area contributed by atoms with Crippen LogP contribution in [-0.2, 0) is 9.53 Å². The molecule has 0 bridgehead atoms. The van der Waals surface area contributed by atoms with Gasteiger partial charge in [-0.25, -0.2) is 4.79 Å². The van der Waals surface area contributed by atoms with Crippen LogP contribution in [0.25, 0.3) is 0 Å². The van der Waals surface area contributed by atoms with Gasteiger partial charge in [-0.3, -0.25) is 0 Å². The molecule has 0 aromatic heterocycles. The minimum Gasteiger partial charge on any atom is -0.465 e. The van der Waals surface area contributed by atoms with E-state index >= 15 is 0 Å². The number of carbonyl (C=O) groups is 1. The summed E-state index contributed by atoms with van der Waals surface area (Å²) in [6, 6.07) is 1.87. The first-order chi connectivity index (χ1) is 8.76. The number of hydrogen-bond acceptors (Lipinski definition) is 3. The molecule has 0 aromatic rings. The standard InChI is InChI=1S/C15H23NO2/c1-3-4-5-6-7-8-9-11-14(12-10-13-16)15(17)18-2/h10-12H,3-9H2,1-2H3. The van der Waals surface area contributed by atoms with Crippen molar-refractivity contribution < 1.29 is 9.53 Å². The molecule has 0 heterocycles. The highest BCUT2D eigenvalue weighted by Crippen LogP contribution is 2.09. The summed E-state index contributed by atoms with van der Waals surface area (Å²) in [7, 11) is 1.35. The highest BCUT2D eigenvalue weighted by atomic mass is 16.5. The lowest BCUT2D eigenvalue weighted by molar-refractivity contribution is -0.135. The van der Waals surface area contributed by atoms with Gasteiger partial charge >= 0.3 is 5.97 Å². The zero-order valence-corrected chi connectivity index (χ0v) is 11.4. The number of ether oxygens (including phenoxy) is 1. The Morgan fingerprint density at radius 2 is 1.89 bits per heavy atom. The lowest BCUT2D eigenvalue weighted by Gasteiger charge is -2.01. The third-order valence-electron chi connectivity index (χ3n) is 2.68. The van der Waals surface area contributed by atoms with E-state index in [0.717, 1.165) is 12.8 Å². The van der Waals surface area contributed by atoms with Gasteiger partial charge in [0.05, 0.1) is 18.8 Å². The van der Waals surface area contributed by atoms with Crippen LogP contribution in [-0.4, -0.2) is 13.1 Å². The summed E-state index contributed by atoms with van der Waals surface area (Å²) in [5.74, 6) is -0.382. The summed E-state index contributed by atoms with van der Waals surface area (Å²) in [5.41, 5.74) is 0.465. The maximum Gasteiger partial charge on any atom is 0.337 e. The van der Waals surface area contributed by atoms with Gasteiger partial charge in [-0.05, 0) is 18.9 Å². The number of unbranched alkanes of at least 4 members (excludes halogenated alkanes) is 6. The molecule has 0 aliphatic rings. The second-order valence-electron chi connectivity index (χ2n) is 4.17. The molecular formula is C15H23NO2. The van der Waals surface area contributed by atoms with Crippen LogP contribution in [0.15, 0.2) is 23.8 Å². The van der Waals surface area contributed by atoms with Gasteiger partial charge in [-0.2, -0.15) is 5.26 Å². The summed E-state index contributed by atoms with van der Waals surface area (Å²) in [6.45, 7) is 2.20. The van der Waals surface area contributed by atoms with E-state index in [1.54, 1.807) is 0 Å². The first-order valence-electron chi connectivity index (χ1n) is 6.60. The Balaban J connectivity index is 3.98. The Hall–Kier alpha value is -1.56. The van der Waals surface area contributed by atoms with Crippen molar-refractivity contribution in [3.8, 4) is 6.07 Å². The number of nitriles is 1. The van der Waals surface area contributed by atoms with Crippen LogP contribution in [0.3, 0.4) is 0 Å². The molecule has 0 rings (SSSR count). The Morgan fingerprint density at radius 3 is 2.50 bits per heavy atom. The second-order valence-corrected chi connectivity index (χ2v) is 4.17. The summed E-state index contributed by atoms with van der Waals surface area (Å²) in [4.78, 5) is 11.4. The number of rotatable bonds is 9. The Bertz CT molecular complexity index is 324. The Morgan fingerprint density at radius 1 is 1.22 bits per heavy atom. The van der Waals surface area contributed by atoms with Crippen molar-refractivity contribution in [2.24, 2.45) is 0 Å². The summed E-state index contributed by atoms with van der Waals surface area (Å²) in [5, 5.41) is 8.45. The van der Waals surface area contributed by atoms with E-state index in [-0.39, 0.29) is 5.97 Å². The van der Waals surface area contributed by atoms with Crippen LogP contribution in [0.5, 0.6) is 0 Å². The van der Waals surface area contributed by atoms with Crippen molar-refractivity contribution in [1.82, 2.24) is 0 Å². The van der Waals surface area contributed by atoms with Gasteiger partial charge in [0.2, 0.25) is 0 Å². The fraction of sp³-hybridized carbons (Fsp3) is 0.600. The first kappa shape index (κ1) is 16.4. The third kappa shape index (κ3) is 8.58. The van der Waals surface area contributed by atoms with Crippen molar-refractivity contribution in [1.29, 1.82) is 5.26 Å². The minimum atomic E-state index is -0.382. The number of nitrogens with zero attached hydrogens (tertiary/aromatic N) is 1. The van der Waals surface area contributed by atoms with E-state index in [1.807, 2.05) is 12.1 Å². The van der Waals surface area contributed by atoms with E-state index in [2.05, 4.69) is 11.7 Å². The molecule has 0 unspecified atom stereocenters. The second kappa shape index (κ2) is 11.9. The van der Waals surface area contributed by atoms with E-state index in [0.29, 0.717) is 5.57 Å². The summed E-state index contributed by atoms with van der Waals surface area (Å²) < 4.78 is 4.65. The normalized spacial score (nSPS) is 11.5. The van der Waals surface area contributed by atoms with Gasteiger partial charge in [0, 0.05) is 6.08 Å². The van der Waals surface area contributed by atoms with Gasteiger partial charge < -0.3 is 4.74 Å². The monoisotopic (exact) mass is 249 g/mol. The van der Waals surface area contributed by atoms with Gasteiger partial charge in [-0.1, -0.05) is 45.1 Å². The molecule has 0 atom stereocenters. The SMILES string of the molecule is CCCCCCCCC=C(C=CC#N)C(=O)OC. The molecular weight excluding hydrogens is 226 g/mol. The van der Waals surface area contributed by atoms with Crippen LogP contribution >= 0.6 is 0 Å². The lowest BCUT2D eigenvalue weighted by Crippen LogP contribution is -2.02. The highest BCUT2D eigenvalue weighted by molar-refractivity contribution is 5.91. The predicted molar refractivity (Wildman–Crippen MR) is 72.8 cm³/mol. The van der Waals surface area contributed by atoms with E-state index in [4.69, 9.17) is 5.26 Å². The van der Waals surface area contributed by atoms with Crippen LogP contribution in [0.2, 0.25) is 0 Å². The van der Waals surface area contributed by atoms with Crippen molar-refractivity contribution in [2.45, 2.75) is 51.9 Å². The van der Waals surface area contributed by atoms with Gasteiger partial charge in [-0.15, -0.1) is 0 Å². The average molecular weight is 249 g/mol. The van der Waals surface area contributed by atoms with Crippen LogP contribution in [0.1, 0.15) is 51.9 Å². The van der Waals surface area contributed by atoms with Crippen LogP contribution in [0.4, 0.5) is 0 Å². The van der Waals surface area contributed by atoms with Crippen molar-refractivity contribution in [3.05, 3.63) is 23.8 Å². The Labute approximate surface area is 110 Å². The molecule has 3 nitrogen and oxygen atoms in total. The quantitative estimate of drug-likeness (QED) is 0.205. The maximum absolute atomic E-state index is 11.4. The Kier molecular flexibility index (Phi) is 10.9. The maximum atomic E-state index is 11.4. The molecule has 3 heteroatoms. The minimum absolute atomic E-state index is 0.382. The molecule has 0 radical (unpaired) electrons. The first-order valence-corrected chi connectivity index (χ1v) is 6.60. The molecule has 0 aromatic carbocycles. The summed E-state index contributed by atoms with van der Waals surface area (Å²) >= 11 is 0. The zero-order chi connectivity index (χ0) is 13.6. The predicted octanol–water partition coefficient (Wildman–Crippen LogP) is 3.92. The number of allylic oxidation sites excluding steroid dienone is 2. The highest BCUT2D eigenvalue weighted by Gasteiger charge is 2.04. The zero-order valence-electron chi connectivity index (χ0n) is 11.4. The van der Waals surface area contributed by atoms with E-state index < -0.39 is 0 Å². The molecule has 18 heavy (non-hydrogen) atoms. The number of carbonyl (C=O) groups excluding carboxylic acids is 1. The number of methoxy groups -OCH3 is 1. The van der Waals surface area contributed by atoms with Gasteiger partial charge in [0.25, 0.3) is 0 Å². The molecule has 0 aliphatic carbocycles. The van der Waals surface area contributed by atoms with Crippen molar-refractivity contribution in [3.63, 3.8) is 0 Å². The topological polar surface area (TPSA) is 50.1 Å². The average Bonchev–Trinajstić information content (AvgIpc) is 2.40. The van der Waals surface area contributed by atoms with E-state index in [9.17, 15) is 4.79 Å². The molecule has 0 aliphatic heterocycles. The molecule has 0 amide bonds. The molecule has 0 fully saturated rings. The van der Waals surface area contributed by atoms with E-state index in [1.165, 1.54) is 51.4 Å². The third-order valence-corrected chi connectivity index (χ3v) is 2.68. The molecule has 0 saturated heterocycles. The van der Waals surface area contributed by atoms with Crippen LogP contribution in [0, 0.1) is 11.3 Å². The molecule has 100 valence electrons. The smallest absolute Gasteiger partial charge is 0.337 e. The number of hydrogen-bond donors (Lipinski definition) is 0.